The van der Waals surface area contributed by atoms with Crippen molar-refractivity contribution in [2.45, 2.75) is 78.6 Å². The van der Waals surface area contributed by atoms with Crippen LogP contribution in [-0.4, -0.2) is 34.7 Å². The zero-order valence-electron chi connectivity index (χ0n) is 22.3. The van der Waals surface area contributed by atoms with Gasteiger partial charge in [0, 0.05) is 29.2 Å². The lowest BCUT2D eigenvalue weighted by Crippen LogP contribution is -2.33. The molecule has 2 atom stereocenters. The number of hydrogen-bond acceptors (Lipinski definition) is 3. The number of phenolic OH excluding ortho intramolecular Hbond substituents is 1. The highest BCUT2D eigenvalue weighted by Crippen LogP contribution is 2.40. The average molecular weight is 481 g/mol. The standard InChI is InChI=1S/C30H41FN2O2/c1-8-9-20-17-33(28(32)23(20)14-19-10-12-22(31)13-11-19)18-26(34)21-15-24(29(2,3)4)27(35)25(16-21)30(5,6)7/h10-13,15-16,20,23,32,35H,8-9,14,17-18H2,1-7H3/t20-,23+/m0/s1. The van der Waals surface area contributed by atoms with Gasteiger partial charge in [0.05, 0.1) is 6.54 Å². The number of hydrogen-bond donors (Lipinski definition) is 2. The summed E-state index contributed by atoms with van der Waals surface area (Å²) < 4.78 is 13.4. The average Bonchev–Trinajstić information content (AvgIpc) is 3.03. The first-order valence-corrected chi connectivity index (χ1v) is 12.7. The van der Waals surface area contributed by atoms with E-state index in [9.17, 15) is 14.3 Å². The van der Waals surface area contributed by atoms with Crippen LogP contribution in [0.2, 0.25) is 0 Å². The Morgan fingerprint density at radius 2 is 1.60 bits per heavy atom. The first-order valence-electron chi connectivity index (χ1n) is 12.7. The van der Waals surface area contributed by atoms with Crippen LogP contribution < -0.4 is 0 Å². The van der Waals surface area contributed by atoms with E-state index in [1.54, 1.807) is 12.1 Å². The summed E-state index contributed by atoms with van der Waals surface area (Å²) in [6, 6.07) is 10.2. The van der Waals surface area contributed by atoms with Crippen LogP contribution in [0, 0.1) is 23.1 Å². The Kier molecular flexibility index (Phi) is 7.78. The second-order valence-corrected chi connectivity index (χ2v) is 12.1. The molecule has 2 aromatic carbocycles. The van der Waals surface area contributed by atoms with Crippen LogP contribution in [0.15, 0.2) is 36.4 Å². The normalized spacial score (nSPS) is 18.9. The van der Waals surface area contributed by atoms with Crippen LogP contribution in [0.25, 0.3) is 0 Å². The zero-order chi connectivity index (χ0) is 26.1. The number of benzene rings is 2. The molecular weight excluding hydrogens is 439 g/mol. The van der Waals surface area contributed by atoms with E-state index in [-0.39, 0.29) is 40.6 Å². The monoisotopic (exact) mass is 480 g/mol. The van der Waals surface area contributed by atoms with Crippen LogP contribution >= 0.6 is 0 Å². The molecule has 2 aromatic rings. The molecule has 0 bridgehead atoms. The van der Waals surface area contributed by atoms with Gasteiger partial charge in [-0.1, -0.05) is 67.0 Å². The molecule has 0 aliphatic carbocycles. The predicted molar refractivity (Wildman–Crippen MR) is 141 cm³/mol. The van der Waals surface area contributed by atoms with Crippen molar-refractivity contribution in [1.29, 1.82) is 5.41 Å². The number of ketones is 1. The molecule has 2 N–H and O–H groups in total. The molecule has 1 saturated heterocycles. The summed E-state index contributed by atoms with van der Waals surface area (Å²) in [5.41, 5.74) is 2.50. The molecule has 190 valence electrons. The number of nitrogens with zero attached hydrogens (tertiary/aromatic N) is 1. The molecule has 1 aliphatic heterocycles. The molecular formula is C30H41FN2O2. The quantitative estimate of drug-likeness (QED) is 0.425. The maximum absolute atomic E-state index is 13.5. The van der Waals surface area contributed by atoms with Gasteiger partial charge in [-0.05, 0) is 59.4 Å². The number of halogens is 1. The summed E-state index contributed by atoms with van der Waals surface area (Å²) in [4.78, 5) is 15.4. The van der Waals surface area contributed by atoms with Gasteiger partial charge in [0.15, 0.2) is 5.78 Å². The van der Waals surface area contributed by atoms with Crippen molar-refractivity contribution in [3.63, 3.8) is 0 Å². The van der Waals surface area contributed by atoms with Crippen molar-refractivity contribution >= 4 is 11.6 Å². The third-order valence-corrected chi connectivity index (χ3v) is 7.13. The molecule has 0 radical (unpaired) electrons. The van der Waals surface area contributed by atoms with E-state index in [1.165, 1.54) is 12.1 Å². The van der Waals surface area contributed by atoms with Crippen LogP contribution in [0.1, 0.15) is 88.4 Å². The van der Waals surface area contributed by atoms with Crippen LogP contribution in [0.3, 0.4) is 0 Å². The predicted octanol–water partition coefficient (Wildman–Crippen LogP) is 6.88. The Bertz CT molecular complexity index is 1040. The van der Waals surface area contributed by atoms with Gasteiger partial charge in [-0.3, -0.25) is 10.2 Å². The SMILES string of the molecule is CCC[C@H]1CN(CC(=O)c2cc(C(C)(C)C)c(O)c(C(C)(C)C)c2)C(=N)[C@@H]1Cc1ccc(F)cc1. The lowest BCUT2D eigenvalue weighted by atomic mass is 9.78. The van der Waals surface area contributed by atoms with E-state index in [0.29, 0.717) is 30.3 Å². The fraction of sp³-hybridized carbons (Fsp3) is 0.533. The number of amidine groups is 1. The largest absolute Gasteiger partial charge is 0.507 e. The number of Topliss-reactive ketones (excluding diaryl/α,β-unsaturated/α-hetero) is 1. The number of likely N-dealkylation sites (tertiary alicyclic amines) is 1. The molecule has 5 heteroatoms. The van der Waals surface area contributed by atoms with Crippen molar-refractivity contribution < 1.29 is 14.3 Å². The Morgan fingerprint density at radius 3 is 2.09 bits per heavy atom. The minimum atomic E-state index is -0.312. The number of aromatic hydroxyl groups is 1. The number of rotatable bonds is 7. The minimum Gasteiger partial charge on any atom is -0.507 e. The molecule has 1 aliphatic rings. The second kappa shape index (κ2) is 10.1. The van der Waals surface area contributed by atoms with Gasteiger partial charge in [0.2, 0.25) is 0 Å². The van der Waals surface area contributed by atoms with Gasteiger partial charge >= 0.3 is 0 Å². The highest BCUT2D eigenvalue weighted by Gasteiger charge is 2.38. The molecule has 0 aromatic heterocycles. The van der Waals surface area contributed by atoms with E-state index in [0.717, 1.165) is 29.5 Å². The summed E-state index contributed by atoms with van der Waals surface area (Å²) in [6.45, 7) is 15.2. The second-order valence-electron chi connectivity index (χ2n) is 12.1. The van der Waals surface area contributed by atoms with Crippen molar-refractivity contribution in [2.24, 2.45) is 11.8 Å². The molecule has 1 fully saturated rings. The first kappa shape index (κ1) is 26.9. The first-order chi connectivity index (χ1) is 16.2. The highest BCUT2D eigenvalue weighted by molar-refractivity contribution is 6.01. The topological polar surface area (TPSA) is 64.4 Å². The molecule has 0 saturated carbocycles. The molecule has 3 rings (SSSR count). The summed E-state index contributed by atoms with van der Waals surface area (Å²) >= 11 is 0. The number of nitrogens with one attached hydrogen (secondary N) is 1. The summed E-state index contributed by atoms with van der Waals surface area (Å²) in [6.07, 6.45) is 2.68. The molecule has 4 nitrogen and oxygen atoms in total. The molecule has 35 heavy (non-hydrogen) atoms. The smallest absolute Gasteiger partial charge is 0.182 e. The van der Waals surface area contributed by atoms with E-state index >= 15 is 0 Å². The van der Waals surface area contributed by atoms with Gasteiger partial charge < -0.3 is 10.0 Å². The maximum Gasteiger partial charge on any atom is 0.182 e. The van der Waals surface area contributed by atoms with Crippen molar-refractivity contribution in [1.82, 2.24) is 4.90 Å². The Morgan fingerprint density at radius 1 is 1.06 bits per heavy atom. The minimum absolute atomic E-state index is 0.0169. The van der Waals surface area contributed by atoms with Gasteiger partial charge in [-0.2, -0.15) is 0 Å². The van der Waals surface area contributed by atoms with Gasteiger partial charge in [-0.25, -0.2) is 4.39 Å². The Labute approximate surface area is 210 Å². The van der Waals surface area contributed by atoms with Crippen molar-refractivity contribution in [2.75, 3.05) is 13.1 Å². The summed E-state index contributed by atoms with van der Waals surface area (Å²) in [5, 5.41) is 19.9. The van der Waals surface area contributed by atoms with Gasteiger partial charge in [0.25, 0.3) is 0 Å². The van der Waals surface area contributed by atoms with E-state index in [2.05, 4.69) is 6.92 Å². The van der Waals surface area contributed by atoms with Gasteiger partial charge in [-0.15, -0.1) is 0 Å². The number of phenols is 1. The van der Waals surface area contributed by atoms with Crippen molar-refractivity contribution in [3.8, 4) is 5.75 Å². The number of carbonyl (C=O) groups excluding carboxylic acids is 1. The molecule has 0 spiro atoms. The van der Waals surface area contributed by atoms with E-state index in [1.807, 2.05) is 58.6 Å². The van der Waals surface area contributed by atoms with E-state index < -0.39 is 0 Å². The van der Waals surface area contributed by atoms with Gasteiger partial charge in [0.1, 0.15) is 17.4 Å². The fourth-order valence-corrected chi connectivity index (χ4v) is 5.12. The fourth-order valence-electron chi connectivity index (χ4n) is 5.12. The third kappa shape index (κ3) is 6.12. The zero-order valence-corrected chi connectivity index (χ0v) is 22.3. The third-order valence-electron chi connectivity index (χ3n) is 7.13. The van der Waals surface area contributed by atoms with Crippen LogP contribution in [0.4, 0.5) is 4.39 Å². The van der Waals surface area contributed by atoms with Crippen LogP contribution in [-0.2, 0) is 17.3 Å². The van der Waals surface area contributed by atoms with E-state index in [4.69, 9.17) is 5.41 Å². The lowest BCUT2D eigenvalue weighted by molar-refractivity contribution is 0.0963. The Balaban J connectivity index is 1.87. The highest BCUT2D eigenvalue weighted by atomic mass is 19.1. The molecule has 0 unspecified atom stereocenters. The number of carbonyl (C=O) groups is 1. The summed E-state index contributed by atoms with van der Waals surface area (Å²) in [7, 11) is 0. The van der Waals surface area contributed by atoms with Crippen LogP contribution in [0.5, 0.6) is 5.75 Å². The Hall–Kier alpha value is -2.69. The lowest BCUT2D eigenvalue weighted by Gasteiger charge is -2.28. The summed E-state index contributed by atoms with van der Waals surface area (Å²) in [5.74, 6) is 0.766. The molecule has 1 heterocycles. The maximum atomic E-state index is 13.5. The molecule has 0 amide bonds. The van der Waals surface area contributed by atoms with Crippen molar-refractivity contribution in [3.05, 3.63) is 64.5 Å².